The number of anilines is 4. The van der Waals surface area contributed by atoms with Gasteiger partial charge in [-0.05, 0) is 48.9 Å². The largest absolute Gasteiger partial charge is 0.399 e. The Balaban J connectivity index is 2.03. The highest BCUT2D eigenvalue weighted by molar-refractivity contribution is 6.01. The number of nitrogens with two attached hydrogens (primary N) is 1. The lowest BCUT2D eigenvalue weighted by Gasteiger charge is -2.31. The van der Waals surface area contributed by atoms with Gasteiger partial charge in [-0.2, -0.15) is 0 Å². The van der Waals surface area contributed by atoms with Crippen LogP contribution in [0.4, 0.5) is 27.7 Å². The molecule has 3 rings (SSSR count). The second kappa shape index (κ2) is 9.58. The molecule has 0 unspecified atom stereocenters. The average Bonchev–Trinajstić information content (AvgIpc) is 2.76. The zero-order chi connectivity index (χ0) is 21.5. The third-order valence-corrected chi connectivity index (χ3v) is 4.41. The number of aromatic nitrogens is 1. The Morgan fingerprint density at radius 3 is 2.43 bits per heavy atom. The van der Waals surface area contributed by atoms with Crippen molar-refractivity contribution >= 4 is 28.9 Å². The molecule has 0 radical (unpaired) electrons. The quantitative estimate of drug-likeness (QED) is 0.299. The molecule has 0 spiro atoms. The van der Waals surface area contributed by atoms with E-state index in [9.17, 15) is 10.0 Å². The Bertz CT molecular complexity index is 1010. The number of rotatable bonds is 7. The van der Waals surface area contributed by atoms with E-state index in [1.807, 2.05) is 49.4 Å². The summed E-state index contributed by atoms with van der Waals surface area (Å²) in [5.41, 5.74) is 11.3. The number of benzene rings is 2. The first-order chi connectivity index (χ1) is 14.5. The number of carbonyl (C=O) groups is 1. The molecule has 0 aliphatic rings. The Kier molecular flexibility index (Phi) is 6.67. The maximum Gasteiger partial charge on any atom is 0.330 e. The van der Waals surface area contributed by atoms with Gasteiger partial charge in [0.1, 0.15) is 5.69 Å². The minimum Gasteiger partial charge on any atom is -0.399 e. The van der Waals surface area contributed by atoms with Crippen molar-refractivity contribution < 1.29 is 10.0 Å². The van der Waals surface area contributed by atoms with Crippen LogP contribution in [0.3, 0.4) is 0 Å². The highest BCUT2D eigenvalue weighted by Gasteiger charge is 2.27. The van der Waals surface area contributed by atoms with Crippen molar-refractivity contribution in [2.45, 2.75) is 13.5 Å². The number of hydrogen-bond acceptors (Lipinski definition) is 5. The predicted molar refractivity (Wildman–Crippen MR) is 120 cm³/mol. The van der Waals surface area contributed by atoms with Crippen LogP contribution in [0.1, 0.15) is 12.5 Å². The van der Waals surface area contributed by atoms with Crippen molar-refractivity contribution in [1.29, 1.82) is 0 Å². The van der Waals surface area contributed by atoms with E-state index in [4.69, 9.17) is 5.73 Å². The molecule has 2 aromatic carbocycles. The third-order valence-electron chi connectivity index (χ3n) is 4.41. The van der Waals surface area contributed by atoms with Crippen LogP contribution in [-0.2, 0) is 6.54 Å². The first-order valence-electron chi connectivity index (χ1n) is 9.47. The van der Waals surface area contributed by atoms with Crippen molar-refractivity contribution in [1.82, 2.24) is 9.88 Å². The molecule has 0 saturated heterocycles. The Morgan fingerprint density at radius 2 is 1.80 bits per heavy atom. The molecule has 3 aromatic rings. The zero-order valence-electron chi connectivity index (χ0n) is 16.8. The van der Waals surface area contributed by atoms with Gasteiger partial charge in [-0.1, -0.05) is 42.5 Å². The first kappa shape index (κ1) is 20.9. The van der Waals surface area contributed by atoms with Gasteiger partial charge in [-0.15, -0.1) is 0 Å². The van der Waals surface area contributed by atoms with E-state index >= 15 is 0 Å². The number of carbonyl (C=O) groups excluding carboxylic acids is 1. The second-order valence-electron chi connectivity index (χ2n) is 6.99. The van der Waals surface area contributed by atoms with E-state index in [-0.39, 0.29) is 6.03 Å². The molecule has 0 bridgehead atoms. The van der Waals surface area contributed by atoms with Gasteiger partial charge >= 0.3 is 6.03 Å². The molecule has 0 atom stereocenters. The van der Waals surface area contributed by atoms with Gasteiger partial charge in [0, 0.05) is 25.0 Å². The highest BCUT2D eigenvalue weighted by Crippen LogP contribution is 2.31. The van der Waals surface area contributed by atoms with Crippen LogP contribution >= 0.6 is 0 Å². The van der Waals surface area contributed by atoms with Crippen molar-refractivity contribution in [3.8, 4) is 0 Å². The SMILES string of the molecule is C=C(C)CN(Cc1ccc(N)cc1)C(=O)N(c1ccccc1)c1ncccc1NO. The normalized spacial score (nSPS) is 10.3. The fraction of sp³-hybridized carbons (Fsp3) is 0.130. The summed E-state index contributed by atoms with van der Waals surface area (Å²) in [5.74, 6) is 0.292. The lowest BCUT2D eigenvalue weighted by molar-refractivity contribution is 0.209. The van der Waals surface area contributed by atoms with Gasteiger partial charge < -0.3 is 10.6 Å². The molecular formula is C23H25N5O2. The molecule has 0 saturated carbocycles. The van der Waals surface area contributed by atoms with E-state index < -0.39 is 0 Å². The molecule has 1 heterocycles. The van der Waals surface area contributed by atoms with E-state index in [0.717, 1.165) is 11.1 Å². The number of para-hydroxylation sites is 1. The summed E-state index contributed by atoms with van der Waals surface area (Å²) in [6.45, 7) is 6.57. The van der Waals surface area contributed by atoms with Gasteiger partial charge in [0.05, 0.1) is 5.69 Å². The summed E-state index contributed by atoms with van der Waals surface area (Å²) in [6, 6.07) is 19.6. The van der Waals surface area contributed by atoms with E-state index in [1.165, 1.54) is 4.90 Å². The molecule has 0 fully saturated rings. The van der Waals surface area contributed by atoms with Crippen molar-refractivity contribution in [3.63, 3.8) is 0 Å². The number of nitrogens with one attached hydrogen (secondary N) is 1. The molecule has 0 aliphatic carbocycles. The number of hydrogen-bond donors (Lipinski definition) is 3. The van der Waals surface area contributed by atoms with Gasteiger partial charge in [0.25, 0.3) is 0 Å². The molecule has 154 valence electrons. The topological polar surface area (TPSA) is 94.7 Å². The standard InChI is InChI=1S/C23H25N5O2/c1-17(2)15-27(16-18-10-12-19(24)13-11-18)23(29)28(20-7-4-3-5-8-20)22-21(26-30)9-6-14-25-22/h3-14,26,30H,1,15-16,24H2,2H3. The van der Waals surface area contributed by atoms with Crippen LogP contribution < -0.4 is 16.1 Å². The van der Waals surface area contributed by atoms with E-state index in [1.54, 1.807) is 35.4 Å². The summed E-state index contributed by atoms with van der Waals surface area (Å²) >= 11 is 0. The van der Waals surface area contributed by atoms with Gasteiger partial charge in [0.15, 0.2) is 5.82 Å². The Morgan fingerprint density at radius 1 is 1.10 bits per heavy atom. The molecule has 0 aliphatic heterocycles. The molecule has 30 heavy (non-hydrogen) atoms. The first-order valence-corrected chi connectivity index (χ1v) is 9.47. The van der Waals surface area contributed by atoms with Crippen LogP contribution in [-0.4, -0.2) is 27.7 Å². The molecule has 7 heteroatoms. The van der Waals surface area contributed by atoms with E-state index in [2.05, 4.69) is 17.0 Å². The number of amides is 2. The van der Waals surface area contributed by atoms with Gasteiger partial charge in [0.2, 0.25) is 0 Å². The maximum absolute atomic E-state index is 13.8. The third kappa shape index (κ3) is 4.95. The summed E-state index contributed by atoms with van der Waals surface area (Å²) in [7, 11) is 0. The summed E-state index contributed by atoms with van der Waals surface area (Å²) < 4.78 is 0. The minimum absolute atomic E-state index is 0.292. The van der Waals surface area contributed by atoms with Crippen LogP contribution in [0.25, 0.3) is 0 Å². The molecule has 7 nitrogen and oxygen atoms in total. The number of pyridine rings is 1. The summed E-state index contributed by atoms with van der Waals surface area (Å²) in [6.07, 6.45) is 1.57. The number of urea groups is 1. The van der Waals surface area contributed by atoms with Crippen molar-refractivity contribution in [2.75, 3.05) is 22.7 Å². The molecule has 4 N–H and O–H groups in total. The fourth-order valence-electron chi connectivity index (χ4n) is 3.06. The van der Waals surface area contributed by atoms with Crippen LogP contribution in [0, 0.1) is 0 Å². The van der Waals surface area contributed by atoms with Gasteiger partial charge in [-0.25, -0.2) is 14.7 Å². The lowest BCUT2D eigenvalue weighted by Crippen LogP contribution is -2.42. The van der Waals surface area contributed by atoms with Crippen LogP contribution in [0.2, 0.25) is 0 Å². The predicted octanol–water partition coefficient (Wildman–Crippen LogP) is 4.80. The second-order valence-corrected chi connectivity index (χ2v) is 6.99. The lowest BCUT2D eigenvalue weighted by atomic mass is 10.2. The summed E-state index contributed by atoms with van der Waals surface area (Å²) in [4.78, 5) is 21.2. The minimum atomic E-state index is -0.295. The van der Waals surface area contributed by atoms with Crippen molar-refractivity contribution in [3.05, 3.63) is 90.6 Å². The Hall–Kier alpha value is -3.84. The van der Waals surface area contributed by atoms with Crippen LogP contribution in [0.5, 0.6) is 0 Å². The van der Waals surface area contributed by atoms with Crippen molar-refractivity contribution in [2.24, 2.45) is 0 Å². The number of nitrogens with zero attached hydrogens (tertiary/aromatic N) is 3. The van der Waals surface area contributed by atoms with Gasteiger partial charge in [-0.3, -0.25) is 10.7 Å². The zero-order valence-corrected chi connectivity index (χ0v) is 16.8. The smallest absolute Gasteiger partial charge is 0.330 e. The molecule has 2 amide bonds. The summed E-state index contributed by atoms with van der Waals surface area (Å²) in [5, 5.41) is 9.57. The fourth-order valence-corrected chi connectivity index (χ4v) is 3.06. The van der Waals surface area contributed by atoms with E-state index in [0.29, 0.717) is 36.0 Å². The Labute approximate surface area is 176 Å². The monoisotopic (exact) mass is 403 g/mol. The number of nitrogen functional groups attached to an aromatic ring is 1. The molecular weight excluding hydrogens is 378 g/mol. The van der Waals surface area contributed by atoms with Crippen LogP contribution in [0.15, 0.2) is 85.1 Å². The molecule has 1 aromatic heterocycles. The maximum atomic E-state index is 13.8. The average molecular weight is 403 g/mol. The highest BCUT2D eigenvalue weighted by atomic mass is 16.5.